The van der Waals surface area contributed by atoms with E-state index < -0.39 is 6.10 Å². The van der Waals surface area contributed by atoms with E-state index in [1.165, 1.54) is 12.1 Å². The minimum absolute atomic E-state index is 0.307. The molecule has 2 nitrogen and oxygen atoms in total. The van der Waals surface area contributed by atoms with Gasteiger partial charge in [0.1, 0.15) is 17.7 Å². The van der Waals surface area contributed by atoms with Gasteiger partial charge in [-0.2, -0.15) is 0 Å². The van der Waals surface area contributed by atoms with Crippen molar-refractivity contribution in [3.8, 4) is 5.75 Å². The third-order valence-corrected chi connectivity index (χ3v) is 3.26. The van der Waals surface area contributed by atoms with E-state index in [4.69, 9.17) is 4.74 Å². The Balaban J connectivity index is 2.41. The fourth-order valence-electron chi connectivity index (χ4n) is 2.15. The predicted molar refractivity (Wildman–Crippen MR) is 72.9 cm³/mol. The lowest BCUT2D eigenvalue weighted by Gasteiger charge is -2.17. The highest BCUT2D eigenvalue weighted by atomic mass is 19.1. The second kappa shape index (κ2) is 5.41. The molecule has 0 saturated heterocycles. The Morgan fingerprint density at radius 2 is 1.68 bits per heavy atom. The Hall–Kier alpha value is -1.87. The summed E-state index contributed by atoms with van der Waals surface area (Å²) >= 11 is 0. The maximum absolute atomic E-state index is 12.9. The zero-order valence-electron chi connectivity index (χ0n) is 11.3. The van der Waals surface area contributed by atoms with E-state index in [2.05, 4.69) is 0 Å². The van der Waals surface area contributed by atoms with Crippen LogP contribution in [0.2, 0.25) is 0 Å². The van der Waals surface area contributed by atoms with Crippen LogP contribution in [0.15, 0.2) is 36.4 Å². The topological polar surface area (TPSA) is 29.5 Å². The minimum atomic E-state index is -0.759. The monoisotopic (exact) mass is 260 g/mol. The van der Waals surface area contributed by atoms with E-state index >= 15 is 0 Å². The second-order valence-electron chi connectivity index (χ2n) is 4.63. The average molecular weight is 260 g/mol. The van der Waals surface area contributed by atoms with Crippen molar-refractivity contribution in [2.24, 2.45) is 0 Å². The largest absolute Gasteiger partial charge is 0.496 e. The van der Waals surface area contributed by atoms with Crippen LogP contribution in [0.25, 0.3) is 0 Å². The highest BCUT2D eigenvalue weighted by Crippen LogP contribution is 2.30. The first-order chi connectivity index (χ1) is 9.02. The number of aryl methyl sites for hydroxylation is 2. The molecule has 0 aromatic heterocycles. The van der Waals surface area contributed by atoms with E-state index in [9.17, 15) is 9.50 Å². The molecule has 2 aromatic carbocycles. The maximum atomic E-state index is 12.9. The zero-order chi connectivity index (χ0) is 14.0. The molecular weight excluding hydrogens is 243 g/mol. The van der Waals surface area contributed by atoms with Crippen molar-refractivity contribution in [3.05, 3.63) is 64.5 Å². The van der Waals surface area contributed by atoms with Gasteiger partial charge < -0.3 is 9.84 Å². The lowest BCUT2D eigenvalue weighted by Crippen LogP contribution is -2.03. The van der Waals surface area contributed by atoms with Crippen molar-refractivity contribution in [3.63, 3.8) is 0 Å². The molecule has 0 bridgehead atoms. The summed E-state index contributed by atoms with van der Waals surface area (Å²) in [7, 11) is 1.62. The first-order valence-corrected chi connectivity index (χ1v) is 6.11. The number of aliphatic hydroxyl groups is 1. The maximum Gasteiger partial charge on any atom is 0.123 e. The summed E-state index contributed by atoms with van der Waals surface area (Å²) in [5, 5.41) is 10.4. The van der Waals surface area contributed by atoms with Gasteiger partial charge in [0.2, 0.25) is 0 Å². The van der Waals surface area contributed by atoms with Gasteiger partial charge in [-0.1, -0.05) is 12.1 Å². The first kappa shape index (κ1) is 13.6. The number of hydrogen-bond donors (Lipinski definition) is 1. The molecule has 2 rings (SSSR count). The quantitative estimate of drug-likeness (QED) is 0.914. The Kier molecular flexibility index (Phi) is 3.86. The van der Waals surface area contributed by atoms with Crippen LogP contribution in [0.5, 0.6) is 5.75 Å². The molecule has 19 heavy (non-hydrogen) atoms. The van der Waals surface area contributed by atoms with Gasteiger partial charge in [0.15, 0.2) is 0 Å². The molecule has 0 amide bonds. The van der Waals surface area contributed by atoms with Gasteiger partial charge in [0.05, 0.1) is 7.11 Å². The summed E-state index contributed by atoms with van der Waals surface area (Å²) in [6.45, 7) is 3.85. The summed E-state index contributed by atoms with van der Waals surface area (Å²) in [6.07, 6.45) is -0.759. The molecule has 0 heterocycles. The van der Waals surface area contributed by atoms with E-state index in [1.54, 1.807) is 19.2 Å². The van der Waals surface area contributed by atoms with Crippen molar-refractivity contribution < 1.29 is 14.2 Å². The summed E-state index contributed by atoms with van der Waals surface area (Å²) in [4.78, 5) is 0. The first-order valence-electron chi connectivity index (χ1n) is 6.11. The molecule has 100 valence electrons. The molecule has 0 saturated carbocycles. The van der Waals surface area contributed by atoms with Crippen LogP contribution in [-0.2, 0) is 0 Å². The van der Waals surface area contributed by atoms with Crippen molar-refractivity contribution in [2.75, 3.05) is 7.11 Å². The van der Waals surface area contributed by atoms with Crippen molar-refractivity contribution in [1.29, 1.82) is 0 Å². The van der Waals surface area contributed by atoms with Gasteiger partial charge in [-0.3, -0.25) is 0 Å². The van der Waals surface area contributed by atoms with E-state index in [1.807, 2.05) is 26.0 Å². The Morgan fingerprint density at radius 3 is 2.26 bits per heavy atom. The van der Waals surface area contributed by atoms with Crippen LogP contribution in [0.4, 0.5) is 4.39 Å². The Bertz CT molecular complexity index is 576. The number of methoxy groups -OCH3 is 1. The molecule has 1 atom stereocenters. The smallest absolute Gasteiger partial charge is 0.123 e. The lowest BCUT2D eigenvalue weighted by molar-refractivity contribution is 0.219. The summed E-state index contributed by atoms with van der Waals surface area (Å²) in [6, 6.07) is 9.70. The number of hydrogen-bond acceptors (Lipinski definition) is 2. The molecular formula is C16H17FO2. The normalized spacial score (nSPS) is 12.3. The number of halogens is 1. The number of ether oxygens (including phenoxy) is 1. The SMILES string of the molecule is COc1cc(C)c(C(O)c2ccc(F)cc2)cc1C. The Labute approximate surface area is 112 Å². The number of benzene rings is 2. The minimum Gasteiger partial charge on any atom is -0.496 e. The van der Waals surface area contributed by atoms with Crippen LogP contribution in [-0.4, -0.2) is 12.2 Å². The summed E-state index contributed by atoms with van der Waals surface area (Å²) in [5.74, 6) is 0.492. The number of aliphatic hydroxyl groups excluding tert-OH is 1. The number of rotatable bonds is 3. The fourth-order valence-corrected chi connectivity index (χ4v) is 2.15. The molecule has 0 spiro atoms. The highest BCUT2D eigenvalue weighted by molar-refractivity contribution is 5.44. The van der Waals surface area contributed by atoms with Gasteiger partial charge in [0.25, 0.3) is 0 Å². The van der Waals surface area contributed by atoms with Crippen molar-refractivity contribution in [1.82, 2.24) is 0 Å². The second-order valence-corrected chi connectivity index (χ2v) is 4.63. The highest BCUT2D eigenvalue weighted by Gasteiger charge is 2.15. The fraction of sp³-hybridized carbons (Fsp3) is 0.250. The zero-order valence-corrected chi connectivity index (χ0v) is 11.3. The van der Waals surface area contributed by atoms with Crippen molar-refractivity contribution in [2.45, 2.75) is 20.0 Å². The molecule has 0 fully saturated rings. The standard InChI is InChI=1S/C16H17FO2/c1-10-9-15(19-3)11(2)8-14(10)16(18)12-4-6-13(17)7-5-12/h4-9,16,18H,1-3H3. The Morgan fingerprint density at radius 1 is 1.05 bits per heavy atom. The molecule has 3 heteroatoms. The molecule has 1 unspecified atom stereocenters. The molecule has 0 aliphatic rings. The summed E-state index contributed by atoms with van der Waals surface area (Å²) < 4.78 is 18.1. The molecule has 0 aliphatic carbocycles. The van der Waals surface area contributed by atoms with Crippen LogP contribution in [0.3, 0.4) is 0 Å². The molecule has 2 aromatic rings. The van der Waals surface area contributed by atoms with Crippen molar-refractivity contribution >= 4 is 0 Å². The molecule has 1 N–H and O–H groups in total. The van der Waals surface area contributed by atoms with Gasteiger partial charge >= 0.3 is 0 Å². The van der Waals surface area contributed by atoms with Crippen LogP contribution < -0.4 is 4.74 Å². The molecule has 0 aliphatic heterocycles. The van der Waals surface area contributed by atoms with Gasteiger partial charge in [-0.25, -0.2) is 4.39 Å². The summed E-state index contributed by atoms with van der Waals surface area (Å²) in [5.41, 5.74) is 3.39. The van der Waals surface area contributed by atoms with Gasteiger partial charge in [-0.05, 0) is 60.4 Å². The van der Waals surface area contributed by atoms with E-state index in [-0.39, 0.29) is 5.82 Å². The average Bonchev–Trinajstić information content (AvgIpc) is 2.41. The lowest BCUT2D eigenvalue weighted by atomic mass is 9.95. The van der Waals surface area contributed by atoms with Crippen LogP contribution in [0, 0.1) is 19.7 Å². The predicted octanol–water partition coefficient (Wildman–Crippen LogP) is 3.53. The van der Waals surface area contributed by atoms with E-state index in [0.717, 1.165) is 22.4 Å². The third-order valence-electron chi connectivity index (χ3n) is 3.26. The third kappa shape index (κ3) is 2.76. The van der Waals surface area contributed by atoms with Crippen LogP contribution in [0.1, 0.15) is 28.4 Å². The van der Waals surface area contributed by atoms with Crippen LogP contribution >= 0.6 is 0 Å². The molecule has 0 radical (unpaired) electrons. The van der Waals surface area contributed by atoms with Gasteiger partial charge in [-0.15, -0.1) is 0 Å². The van der Waals surface area contributed by atoms with Gasteiger partial charge in [0, 0.05) is 0 Å². The van der Waals surface area contributed by atoms with E-state index in [0.29, 0.717) is 5.56 Å².